The first-order chi connectivity index (χ1) is 7.38. The maximum atomic E-state index is 12.2. The zero-order valence-electron chi connectivity index (χ0n) is 10.8. The van der Waals surface area contributed by atoms with Crippen LogP contribution in [-0.4, -0.2) is 24.4 Å². The van der Waals surface area contributed by atoms with Gasteiger partial charge in [-0.15, -0.1) is 0 Å². The fraction of sp³-hybridized carbons (Fsp3) is 0.846. The van der Waals surface area contributed by atoms with E-state index in [-0.39, 0.29) is 23.2 Å². The first-order valence-corrected chi connectivity index (χ1v) is 6.03. The second-order valence-electron chi connectivity index (χ2n) is 5.68. The molecule has 1 saturated carbocycles. The van der Waals surface area contributed by atoms with E-state index in [2.05, 4.69) is 19.9 Å². The number of amides is 1. The molecule has 0 aliphatic heterocycles. The second kappa shape index (κ2) is 4.86. The lowest BCUT2D eigenvalue weighted by Gasteiger charge is -2.30. The Labute approximate surface area is 98.4 Å². The number of nitriles is 1. The summed E-state index contributed by atoms with van der Waals surface area (Å²) in [6.45, 7) is 6.74. The molecule has 0 N–H and O–H groups in total. The van der Waals surface area contributed by atoms with E-state index in [1.165, 1.54) is 0 Å². The van der Waals surface area contributed by atoms with Crippen LogP contribution in [0.1, 0.15) is 40.0 Å². The largest absolute Gasteiger partial charge is 0.344 e. The number of carbonyl (C=O) groups excluding carboxylic acids is 1. The highest BCUT2D eigenvalue weighted by molar-refractivity contribution is 5.79. The lowest BCUT2D eigenvalue weighted by atomic mass is 9.81. The number of nitrogens with zero attached hydrogens (tertiary/aromatic N) is 2. The summed E-state index contributed by atoms with van der Waals surface area (Å²) in [6.07, 6.45) is 3.27. The second-order valence-corrected chi connectivity index (χ2v) is 5.68. The summed E-state index contributed by atoms with van der Waals surface area (Å²) in [5, 5.41) is 8.75. The molecule has 0 heterocycles. The highest BCUT2D eigenvalue weighted by Gasteiger charge is 2.40. The van der Waals surface area contributed by atoms with Gasteiger partial charge in [0.2, 0.25) is 5.91 Å². The summed E-state index contributed by atoms with van der Waals surface area (Å²) in [4.78, 5) is 14.0. The predicted octanol–water partition coefficient (Wildman–Crippen LogP) is 2.43. The molecule has 0 bridgehead atoms. The van der Waals surface area contributed by atoms with Crippen LogP contribution in [-0.2, 0) is 4.79 Å². The molecule has 0 aromatic heterocycles. The Morgan fingerprint density at radius 3 is 2.69 bits per heavy atom. The van der Waals surface area contributed by atoms with Crippen molar-refractivity contribution in [3.05, 3.63) is 0 Å². The Morgan fingerprint density at radius 2 is 2.25 bits per heavy atom. The predicted molar refractivity (Wildman–Crippen MR) is 63.5 cm³/mol. The van der Waals surface area contributed by atoms with Crippen molar-refractivity contribution in [2.24, 2.45) is 17.3 Å². The molecule has 2 unspecified atom stereocenters. The summed E-state index contributed by atoms with van der Waals surface area (Å²) >= 11 is 0. The van der Waals surface area contributed by atoms with Gasteiger partial charge in [-0.3, -0.25) is 4.79 Å². The SMILES string of the molecule is CC(C#N)CN(C)C(=O)C1CCCC1(C)C. The van der Waals surface area contributed by atoms with Crippen molar-refractivity contribution in [2.75, 3.05) is 13.6 Å². The Balaban J connectivity index is 2.61. The fourth-order valence-electron chi connectivity index (χ4n) is 2.59. The van der Waals surface area contributed by atoms with Crippen LogP contribution in [0.3, 0.4) is 0 Å². The third kappa shape index (κ3) is 2.75. The van der Waals surface area contributed by atoms with E-state index >= 15 is 0 Å². The van der Waals surface area contributed by atoms with E-state index in [0.29, 0.717) is 6.54 Å². The van der Waals surface area contributed by atoms with Crippen molar-refractivity contribution in [1.82, 2.24) is 4.90 Å². The highest BCUT2D eigenvalue weighted by Crippen LogP contribution is 2.43. The van der Waals surface area contributed by atoms with E-state index in [4.69, 9.17) is 5.26 Å². The van der Waals surface area contributed by atoms with E-state index in [0.717, 1.165) is 19.3 Å². The molecule has 1 rings (SSSR count). The average Bonchev–Trinajstić information content (AvgIpc) is 2.56. The van der Waals surface area contributed by atoms with Crippen molar-refractivity contribution in [3.8, 4) is 6.07 Å². The molecule has 2 atom stereocenters. The maximum absolute atomic E-state index is 12.2. The molecule has 0 spiro atoms. The molecule has 0 aromatic rings. The number of hydrogen-bond donors (Lipinski definition) is 0. The minimum absolute atomic E-state index is 0.0848. The molecule has 16 heavy (non-hydrogen) atoms. The van der Waals surface area contributed by atoms with Crippen LogP contribution >= 0.6 is 0 Å². The third-order valence-electron chi connectivity index (χ3n) is 3.70. The molecular formula is C13H22N2O. The monoisotopic (exact) mass is 222 g/mol. The zero-order valence-corrected chi connectivity index (χ0v) is 10.8. The van der Waals surface area contributed by atoms with Crippen LogP contribution < -0.4 is 0 Å². The molecule has 0 radical (unpaired) electrons. The van der Waals surface area contributed by atoms with Gasteiger partial charge in [0.15, 0.2) is 0 Å². The first-order valence-electron chi connectivity index (χ1n) is 6.03. The van der Waals surface area contributed by atoms with Crippen LogP contribution in [0, 0.1) is 28.6 Å². The number of rotatable bonds is 3. The minimum Gasteiger partial charge on any atom is -0.344 e. The van der Waals surface area contributed by atoms with Gasteiger partial charge in [0.1, 0.15) is 0 Å². The Bertz CT molecular complexity index is 304. The van der Waals surface area contributed by atoms with Gasteiger partial charge in [-0.2, -0.15) is 5.26 Å². The van der Waals surface area contributed by atoms with Gasteiger partial charge in [0.25, 0.3) is 0 Å². The van der Waals surface area contributed by atoms with Gasteiger partial charge in [-0.05, 0) is 25.2 Å². The van der Waals surface area contributed by atoms with Gasteiger partial charge in [-0.25, -0.2) is 0 Å². The summed E-state index contributed by atoms with van der Waals surface area (Å²) < 4.78 is 0. The van der Waals surface area contributed by atoms with Crippen LogP contribution in [0.4, 0.5) is 0 Å². The van der Waals surface area contributed by atoms with Crippen LogP contribution in [0.2, 0.25) is 0 Å². The summed E-state index contributed by atoms with van der Waals surface area (Å²) in [5.74, 6) is 0.270. The summed E-state index contributed by atoms with van der Waals surface area (Å²) in [6, 6.07) is 2.17. The van der Waals surface area contributed by atoms with Gasteiger partial charge < -0.3 is 4.90 Å². The molecule has 1 fully saturated rings. The lowest BCUT2D eigenvalue weighted by Crippen LogP contribution is -2.39. The third-order valence-corrected chi connectivity index (χ3v) is 3.70. The van der Waals surface area contributed by atoms with E-state index in [1.807, 2.05) is 14.0 Å². The van der Waals surface area contributed by atoms with Crippen molar-refractivity contribution < 1.29 is 4.79 Å². The van der Waals surface area contributed by atoms with E-state index in [9.17, 15) is 4.79 Å². The van der Waals surface area contributed by atoms with E-state index in [1.54, 1.807) is 4.90 Å². The van der Waals surface area contributed by atoms with Crippen LogP contribution in [0.25, 0.3) is 0 Å². The molecule has 1 amide bonds. The minimum atomic E-state index is -0.0848. The molecule has 1 aliphatic rings. The average molecular weight is 222 g/mol. The van der Waals surface area contributed by atoms with Gasteiger partial charge in [0, 0.05) is 19.5 Å². The Hall–Kier alpha value is -1.04. The molecule has 3 heteroatoms. The van der Waals surface area contributed by atoms with Crippen LogP contribution in [0.15, 0.2) is 0 Å². The quantitative estimate of drug-likeness (QED) is 0.736. The van der Waals surface area contributed by atoms with Gasteiger partial charge >= 0.3 is 0 Å². The normalized spacial score (nSPS) is 24.8. The fourth-order valence-corrected chi connectivity index (χ4v) is 2.59. The van der Waals surface area contributed by atoms with Crippen molar-refractivity contribution in [1.29, 1.82) is 5.26 Å². The molecular weight excluding hydrogens is 200 g/mol. The summed E-state index contributed by atoms with van der Waals surface area (Å²) in [7, 11) is 1.81. The molecule has 0 aromatic carbocycles. The molecule has 3 nitrogen and oxygen atoms in total. The van der Waals surface area contributed by atoms with Gasteiger partial charge in [-0.1, -0.05) is 20.3 Å². The summed E-state index contributed by atoms with van der Waals surface area (Å²) in [5.41, 5.74) is 0.126. The topological polar surface area (TPSA) is 44.1 Å². The van der Waals surface area contributed by atoms with Crippen molar-refractivity contribution >= 4 is 5.91 Å². The molecule has 90 valence electrons. The highest BCUT2D eigenvalue weighted by atomic mass is 16.2. The Kier molecular flexibility index (Phi) is 3.96. The van der Waals surface area contributed by atoms with Crippen molar-refractivity contribution in [3.63, 3.8) is 0 Å². The zero-order chi connectivity index (χ0) is 12.3. The van der Waals surface area contributed by atoms with Crippen molar-refractivity contribution in [2.45, 2.75) is 40.0 Å². The lowest BCUT2D eigenvalue weighted by molar-refractivity contribution is -0.137. The molecule has 1 aliphatic carbocycles. The smallest absolute Gasteiger partial charge is 0.226 e. The van der Waals surface area contributed by atoms with Crippen LogP contribution in [0.5, 0.6) is 0 Å². The number of carbonyl (C=O) groups is 1. The Morgan fingerprint density at radius 1 is 1.62 bits per heavy atom. The first kappa shape index (κ1) is 13.0. The molecule has 0 saturated heterocycles. The van der Waals surface area contributed by atoms with E-state index < -0.39 is 0 Å². The standard InChI is InChI=1S/C13H22N2O/c1-10(8-14)9-15(4)12(16)11-6-5-7-13(11,2)3/h10-11H,5-7,9H2,1-4H3. The maximum Gasteiger partial charge on any atom is 0.226 e. The number of hydrogen-bond acceptors (Lipinski definition) is 2. The van der Waals surface area contributed by atoms with Gasteiger partial charge in [0.05, 0.1) is 12.0 Å².